The number of benzene rings is 1. The molecule has 16 heavy (non-hydrogen) atoms. The molecule has 1 aromatic carbocycles. The van der Waals surface area contributed by atoms with E-state index in [2.05, 4.69) is 15.3 Å². The van der Waals surface area contributed by atoms with E-state index in [0.29, 0.717) is 6.61 Å². The molecule has 0 aliphatic rings. The van der Waals surface area contributed by atoms with Crippen molar-refractivity contribution in [3.05, 3.63) is 30.5 Å². The first-order chi connectivity index (χ1) is 7.83. The van der Waals surface area contributed by atoms with E-state index >= 15 is 0 Å². The molecule has 0 bridgehead atoms. The molecule has 0 radical (unpaired) electrons. The summed E-state index contributed by atoms with van der Waals surface area (Å²) in [7, 11) is 1.83. The van der Waals surface area contributed by atoms with Gasteiger partial charge in [0.25, 0.3) is 0 Å². The molecule has 1 heterocycles. The van der Waals surface area contributed by atoms with Gasteiger partial charge in [-0.05, 0) is 36.8 Å². The summed E-state index contributed by atoms with van der Waals surface area (Å²) >= 11 is 0. The number of hydrogen-bond donors (Lipinski definition) is 2. The quantitative estimate of drug-likeness (QED) is 0.827. The molecule has 0 aliphatic carbocycles. The minimum absolute atomic E-state index is 0.688. The van der Waals surface area contributed by atoms with Gasteiger partial charge in [-0.1, -0.05) is 0 Å². The number of aromatic amines is 1. The van der Waals surface area contributed by atoms with E-state index in [1.54, 1.807) is 0 Å². The molecule has 4 nitrogen and oxygen atoms in total. The van der Waals surface area contributed by atoms with Gasteiger partial charge in [-0.3, -0.25) is 0 Å². The second-order valence-electron chi connectivity index (χ2n) is 3.35. The van der Waals surface area contributed by atoms with Crippen molar-refractivity contribution in [1.29, 1.82) is 0 Å². The summed E-state index contributed by atoms with van der Waals surface area (Å²) in [4.78, 5) is 7.34. The normalized spacial score (nSPS) is 10.1. The van der Waals surface area contributed by atoms with E-state index in [1.807, 2.05) is 44.4 Å². The third-order valence-electron chi connectivity index (χ3n) is 2.29. The van der Waals surface area contributed by atoms with Gasteiger partial charge in [-0.25, -0.2) is 4.98 Å². The van der Waals surface area contributed by atoms with E-state index in [1.165, 1.54) is 0 Å². The van der Waals surface area contributed by atoms with Crippen molar-refractivity contribution < 1.29 is 4.74 Å². The van der Waals surface area contributed by atoms with E-state index in [9.17, 15) is 0 Å². The zero-order valence-corrected chi connectivity index (χ0v) is 9.45. The molecule has 2 aromatic rings. The third kappa shape index (κ3) is 2.16. The second kappa shape index (κ2) is 4.70. The fourth-order valence-corrected chi connectivity index (χ4v) is 1.49. The van der Waals surface area contributed by atoms with E-state index in [4.69, 9.17) is 4.74 Å². The highest BCUT2D eigenvalue weighted by atomic mass is 16.5. The summed E-state index contributed by atoms with van der Waals surface area (Å²) < 4.78 is 5.38. The SMILES string of the molecule is CCOc1ccc(-c2cnc(NC)[nH]2)cc1. The molecule has 2 rings (SSSR count). The summed E-state index contributed by atoms with van der Waals surface area (Å²) in [6.07, 6.45) is 1.81. The van der Waals surface area contributed by atoms with Crippen LogP contribution in [0.15, 0.2) is 30.5 Å². The van der Waals surface area contributed by atoms with Crippen molar-refractivity contribution in [2.45, 2.75) is 6.92 Å². The number of imidazole rings is 1. The highest BCUT2D eigenvalue weighted by molar-refractivity contribution is 5.61. The summed E-state index contributed by atoms with van der Waals surface area (Å²) in [5.74, 6) is 1.66. The Morgan fingerprint density at radius 1 is 1.31 bits per heavy atom. The van der Waals surface area contributed by atoms with Crippen LogP contribution in [0.3, 0.4) is 0 Å². The average Bonchev–Trinajstić information content (AvgIpc) is 2.79. The lowest BCUT2D eigenvalue weighted by Crippen LogP contribution is -1.91. The first kappa shape index (κ1) is 10.5. The van der Waals surface area contributed by atoms with Gasteiger partial charge in [0, 0.05) is 7.05 Å². The lowest BCUT2D eigenvalue weighted by Gasteiger charge is -2.03. The Kier molecular flexibility index (Phi) is 3.10. The van der Waals surface area contributed by atoms with Crippen LogP contribution in [0.4, 0.5) is 5.95 Å². The molecule has 2 N–H and O–H groups in total. The van der Waals surface area contributed by atoms with Crippen LogP contribution in [-0.4, -0.2) is 23.6 Å². The smallest absolute Gasteiger partial charge is 0.200 e. The molecule has 1 aromatic heterocycles. The van der Waals surface area contributed by atoms with Gasteiger partial charge in [-0.15, -0.1) is 0 Å². The van der Waals surface area contributed by atoms with Crippen molar-refractivity contribution in [3.63, 3.8) is 0 Å². The van der Waals surface area contributed by atoms with Gasteiger partial charge < -0.3 is 15.0 Å². The van der Waals surface area contributed by atoms with Crippen LogP contribution < -0.4 is 10.1 Å². The number of hydrogen-bond acceptors (Lipinski definition) is 3. The van der Waals surface area contributed by atoms with Gasteiger partial charge in [-0.2, -0.15) is 0 Å². The molecular weight excluding hydrogens is 202 g/mol. The van der Waals surface area contributed by atoms with Crippen molar-refractivity contribution in [2.75, 3.05) is 19.0 Å². The Morgan fingerprint density at radius 2 is 2.06 bits per heavy atom. The van der Waals surface area contributed by atoms with Crippen LogP contribution in [0.1, 0.15) is 6.92 Å². The zero-order chi connectivity index (χ0) is 11.4. The molecule has 4 heteroatoms. The number of nitrogens with zero attached hydrogens (tertiary/aromatic N) is 1. The predicted octanol–water partition coefficient (Wildman–Crippen LogP) is 2.52. The second-order valence-corrected chi connectivity index (χ2v) is 3.35. The number of rotatable bonds is 4. The van der Waals surface area contributed by atoms with Crippen molar-refractivity contribution in [1.82, 2.24) is 9.97 Å². The maximum Gasteiger partial charge on any atom is 0.200 e. The minimum Gasteiger partial charge on any atom is -0.494 e. The molecule has 0 fully saturated rings. The highest BCUT2D eigenvalue weighted by Gasteiger charge is 2.01. The van der Waals surface area contributed by atoms with Crippen LogP contribution in [0, 0.1) is 0 Å². The Morgan fingerprint density at radius 3 is 2.62 bits per heavy atom. The van der Waals surface area contributed by atoms with Gasteiger partial charge >= 0.3 is 0 Å². The average molecular weight is 217 g/mol. The van der Waals surface area contributed by atoms with Gasteiger partial charge in [0.05, 0.1) is 18.5 Å². The first-order valence-corrected chi connectivity index (χ1v) is 5.29. The third-order valence-corrected chi connectivity index (χ3v) is 2.29. The predicted molar refractivity (Wildman–Crippen MR) is 64.7 cm³/mol. The molecule has 84 valence electrons. The number of aromatic nitrogens is 2. The van der Waals surface area contributed by atoms with Crippen LogP contribution >= 0.6 is 0 Å². The van der Waals surface area contributed by atoms with E-state index in [-0.39, 0.29) is 0 Å². The van der Waals surface area contributed by atoms with Crippen molar-refractivity contribution in [3.8, 4) is 17.0 Å². The maximum absolute atomic E-state index is 5.38. The van der Waals surface area contributed by atoms with E-state index in [0.717, 1.165) is 23.0 Å². The van der Waals surface area contributed by atoms with Crippen molar-refractivity contribution in [2.24, 2.45) is 0 Å². The lowest BCUT2D eigenvalue weighted by molar-refractivity contribution is 0.340. The molecule has 0 spiro atoms. The van der Waals surface area contributed by atoms with Crippen LogP contribution in [0.5, 0.6) is 5.75 Å². The molecule has 0 saturated carbocycles. The zero-order valence-electron chi connectivity index (χ0n) is 9.45. The largest absolute Gasteiger partial charge is 0.494 e. The number of H-pyrrole nitrogens is 1. The Labute approximate surface area is 94.7 Å². The van der Waals surface area contributed by atoms with Gasteiger partial charge in [0.2, 0.25) is 0 Å². The summed E-state index contributed by atoms with van der Waals surface area (Å²) in [6.45, 7) is 2.66. The lowest BCUT2D eigenvalue weighted by atomic mass is 10.2. The van der Waals surface area contributed by atoms with Crippen LogP contribution in [0.2, 0.25) is 0 Å². The molecule has 0 saturated heterocycles. The van der Waals surface area contributed by atoms with Gasteiger partial charge in [0.15, 0.2) is 5.95 Å². The summed E-state index contributed by atoms with van der Waals surface area (Å²) in [5.41, 5.74) is 2.09. The number of anilines is 1. The fourth-order valence-electron chi connectivity index (χ4n) is 1.49. The maximum atomic E-state index is 5.38. The first-order valence-electron chi connectivity index (χ1n) is 5.29. The molecular formula is C12H15N3O. The minimum atomic E-state index is 0.688. The summed E-state index contributed by atoms with van der Waals surface area (Å²) in [6, 6.07) is 7.94. The van der Waals surface area contributed by atoms with Crippen molar-refractivity contribution >= 4 is 5.95 Å². The fraction of sp³-hybridized carbons (Fsp3) is 0.250. The number of ether oxygens (including phenoxy) is 1. The molecule has 0 atom stereocenters. The Balaban J connectivity index is 2.20. The van der Waals surface area contributed by atoms with E-state index < -0.39 is 0 Å². The Bertz CT molecular complexity index is 448. The van der Waals surface area contributed by atoms with Gasteiger partial charge in [0.1, 0.15) is 5.75 Å². The number of nitrogens with one attached hydrogen (secondary N) is 2. The monoisotopic (exact) mass is 217 g/mol. The van der Waals surface area contributed by atoms with Crippen LogP contribution in [0.25, 0.3) is 11.3 Å². The standard InChI is InChI=1S/C12H15N3O/c1-3-16-10-6-4-9(5-7-10)11-8-14-12(13-2)15-11/h4-8H,3H2,1-2H3,(H2,13,14,15). The molecule has 0 unspecified atom stereocenters. The Hall–Kier alpha value is -1.97. The highest BCUT2D eigenvalue weighted by Crippen LogP contribution is 2.21. The topological polar surface area (TPSA) is 49.9 Å². The molecule has 0 aliphatic heterocycles. The molecule has 0 amide bonds. The summed E-state index contributed by atoms with van der Waals surface area (Å²) in [5, 5.41) is 2.96. The van der Waals surface area contributed by atoms with Crippen LogP contribution in [-0.2, 0) is 0 Å².